The van der Waals surface area contributed by atoms with E-state index in [1.54, 1.807) is 0 Å². The summed E-state index contributed by atoms with van der Waals surface area (Å²) in [6.07, 6.45) is -3.71. The second-order valence-corrected chi connectivity index (χ2v) is 26.0. The number of nitrogens with one attached hydrogen (secondary N) is 2. The van der Waals surface area contributed by atoms with Crippen molar-refractivity contribution < 1.29 is 162 Å². The summed E-state index contributed by atoms with van der Waals surface area (Å²) in [5.74, 6) is -1.23. The van der Waals surface area contributed by atoms with Crippen LogP contribution in [-0.4, -0.2) is 242 Å². The van der Waals surface area contributed by atoms with Crippen LogP contribution >= 0.6 is 69.9 Å². The molecule has 0 radical (unpaired) electrons. The van der Waals surface area contributed by atoms with Crippen LogP contribution in [-0.2, 0) is 123 Å². The van der Waals surface area contributed by atoms with Gasteiger partial charge in [0.1, 0.15) is 29.1 Å². The summed E-state index contributed by atoms with van der Waals surface area (Å²) in [7, 11) is -27.7. The van der Waals surface area contributed by atoms with Gasteiger partial charge in [-0.1, -0.05) is 0 Å². The standard InChI is InChI=1S/C39H85IN4O35P6/c40-79-85(59,60)75-24-22-65-20-18-63-16-14-61-13-15-62-17-19-64-21-23-72-84(57,58)78-37(29-43-38(47)5-1-3-9-68-80(49,50)70-25-27-73-82(53,54)76-35(31-45)7-11-66-33-41)30-44-39(48)6-2-4-10-69-81(51,52)71-26-28-74-83(55,56)77-36(32-46)8-12-67-34-42/h35-37,45-46H,1-34,41-42H2,(H,43,47)(H,44,48)(H,49,50)(H,51,52)(H,53,54)(H,55,56)(H,57,58)(H,59,60). The van der Waals surface area contributed by atoms with Crippen molar-refractivity contribution in [2.75, 3.05) is 172 Å². The summed E-state index contributed by atoms with van der Waals surface area (Å²) >= 11 is 1.26. The normalized spacial score (nSPS) is 17.4. The summed E-state index contributed by atoms with van der Waals surface area (Å²) < 4.78 is 166. The molecule has 0 bridgehead atoms. The first-order valence-corrected chi connectivity index (χ1v) is 35.8. The molecule has 0 fully saturated rings. The van der Waals surface area contributed by atoms with Gasteiger partial charge in [-0.15, -0.1) is 0 Å². The second-order valence-electron chi connectivity index (χ2n) is 16.4. The first-order chi connectivity index (χ1) is 40.2. The predicted octanol–water partition coefficient (Wildman–Crippen LogP) is 0.530. The van der Waals surface area contributed by atoms with E-state index in [1.807, 2.05) is 0 Å². The van der Waals surface area contributed by atoms with E-state index in [2.05, 4.69) is 27.1 Å². The minimum atomic E-state index is -4.87. The van der Waals surface area contributed by atoms with E-state index in [0.717, 1.165) is 0 Å². The average Bonchev–Trinajstić information content (AvgIpc) is 3.51. The van der Waals surface area contributed by atoms with Crippen molar-refractivity contribution in [2.45, 2.75) is 69.7 Å². The Morgan fingerprint density at radius 1 is 0.365 bits per heavy atom. The zero-order valence-electron chi connectivity index (χ0n) is 46.6. The Morgan fingerprint density at radius 3 is 0.941 bits per heavy atom. The van der Waals surface area contributed by atoms with E-state index in [4.69, 9.17) is 85.7 Å². The van der Waals surface area contributed by atoms with Crippen LogP contribution in [0.4, 0.5) is 0 Å². The molecular weight excluding hydrogens is 1400 g/mol. The van der Waals surface area contributed by atoms with E-state index in [1.165, 1.54) is 23.0 Å². The lowest BCUT2D eigenvalue weighted by atomic mass is 10.2. The predicted molar refractivity (Wildman–Crippen MR) is 298 cm³/mol. The Hall–Kier alpha value is -0.110. The van der Waals surface area contributed by atoms with Gasteiger partial charge in [0, 0.05) is 25.9 Å². The highest BCUT2D eigenvalue weighted by Crippen LogP contribution is 2.49. The third-order valence-corrected chi connectivity index (χ3v) is 17.0. The Morgan fingerprint density at radius 2 is 0.635 bits per heavy atom. The Kier molecular flexibility index (Phi) is 51.3. The zero-order valence-corrected chi connectivity index (χ0v) is 54.1. The zero-order chi connectivity index (χ0) is 63.8. The van der Waals surface area contributed by atoms with Crippen LogP contribution < -0.4 is 22.1 Å². The van der Waals surface area contributed by atoms with Gasteiger partial charge in [-0.2, -0.15) is 0 Å². The number of phosphoric ester groups is 6. The molecule has 508 valence electrons. The van der Waals surface area contributed by atoms with Crippen molar-refractivity contribution >= 4 is 81.8 Å². The Balaban J connectivity index is 4.93. The lowest BCUT2D eigenvalue weighted by molar-refractivity contribution is -0.121. The fourth-order valence-electron chi connectivity index (χ4n) is 5.63. The Bertz CT molecular complexity index is 1930. The number of aliphatic hydroxyl groups is 2. The number of halogens is 1. The molecule has 8 unspecified atom stereocenters. The molecule has 0 heterocycles. The van der Waals surface area contributed by atoms with Gasteiger partial charge >= 0.3 is 46.9 Å². The van der Waals surface area contributed by atoms with E-state index in [-0.39, 0.29) is 164 Å². The lowest BCUT2D eigenvalue weighted by Crippen LogP contribution is -2.41. The van der Waals surface area contributed by atoms with E-state index in [0.29, 0.717) is 0 Å². The van der Waals surface area contributed by atoms with Crippen LogP contribution in [0.25, 0.3) is 0 Å². The van der Waals surface area contributed by atoms with E-state index in [9.17, 15) is 71.7 Å². The average molecular weight is 1480 g/mol. The van der Waals surface area contributed by atoms with Crippen LogP contribution in [0, 0.1) is 0 Å². The summed E-state index contributed by atoms with van der Waals surface area (Å²) in [5, 5.41) is 23.6. The summed E-state index contributed by atoms with van der Waals surface area (Å²) in [6, 6.07) is 0. The largest absolute Gasteiger partial charge is 0.481 e. The number of amides is 2. The topological polar surface area (TPSA) is 550 Å². The maximum Gasteiger partial charge on any atom is 0.481 e. The van der Waals surface area contributed by atoms with Crippen molar-refractivity contribution in [3.05, 3.63) is 0 Å². The maximum atomic E-state index is 12.9. The molecular formula is C39H85IN4O35P6. The molecule has 46 heteroatoms. The summed E-state index contributed by atoms with van der Waals surface area (Å²) in [4.78, 5) is 84.6. The number of carbonyl (C=O) groups excluding carboxylic acids is 2. The van der Waals surface area contributed by atoms with Gasteiger partial charge in [0.05, 0.1) is 171 Å². The molecule has 39 nitrogen and oxygen atoms in total. The number of aliphatic hydroxyl groups excluding tert-OH is 2. The summed E-state index contributed by atoms with van der Waals surface area (Å²) in [6.45, 7) is -4.87. The van der Waals surface area contributed by atoms with Gasteiger partial charge in [-0.05, 0) is 38.5 Å². The highest BCUT2D eigenvalue weighted by Gasteiger charge is 2.31. The first-order valence-electron chi connectivity index (χ1n) is 25.9. The van der Waals surface area contributed by atoms with Crippen molar-refractivity contribution in [3.63, 3.8) is 0 Å². The van der Waals surface area contributed by atoms with Gasteiger partial charge in [-0.25, -0.2) is 30.2 Å². The molecule has 0 aromatic rings. The van der Waals surface area contributed by atoms with E-state index >= 15 is 0 Å². The lowest BCUT2D eigenvalue weighted by Gasteiger charge is -2.22. The van der Waals surface area contributed by atoms with Crippen LogP contribution in [0.2, 0.25) is 0 Å². The number of ether oxygens (including phenoxy) is 7. The van der Waals surface area contributed by atoms with Crippen LogP contribution in [0.15, 0.2) is 0 Å². The molecule has 0 aliphatic rings. The van der Waals surface area contributed by atoms with Crippen molar-refractivity contribution in [1.29, 1.82) is 0 Å². The number of hydrogen-bond acceptors (Lipinski definition) is 31. The minimum absolute atomic E-state index is 0.00947. The number of nitrogens with two attached hydrogens (primary N) is 2. The van der Waals surface area contributed by atoms with Gasteiger partial charge in [-0.3, -0.25) is 59.4 Å². The SMILES string of the molecule is NCOCCC(CO)OP(=O)(O)OCCOP(=O)(O)OCCCCC(=O)NCC(CNC(=O)CCCCOP(=O)(O)OCCOP(=O)(O)OC(CO)CCOCN)OP(=O)(O)OCCOCCOCCOCCOCCOCCOP(=O)(O)OI. The molecule has 0 aliphatic heterocycles. The van der Waals surface area contributed by atoms with Crippen LogP contribution in [0.3, 0.4) is 0 Å². The van der Waals surface area contributed by atoms with Crippen LogP contribution in [0.1, 0.15) is 51.4 Å². The van der Waals surface area contributed by atoms with Gasteiger partial charge < -0.3 is 94.8 Å². The molecule has 14 N–H and O–H groups in total. The summed E-state index contributed by atoms with van der Waals surface area (Å²) in [5.41, 5.74) is 10.4. The van der Waals surface area contributed by atoms with Crippen molar-refractivity contribution in [1.82, 2.24) is 10.6 Å². The molecule has 0 aromatic heterocycles. The smallest absolute Gasteiger partial charge is 0.394 e. The molecule has 0 aliphatic carbocycles. The fourth-order valence-corrected chi connectivity index (χ4v) is 10.5. The van der Waals surface area contributed by atoms with Crippen molar-refractivity contribution in [2.24, 2.45) is 11.5 Å². The number of hydrogen-bond donors (Lipinski definition) is 12. The number of carbonyl (C=O) groups is 2. The third kappa shape index (κ3) is 54.2. The minimum Gasteiger partial charge on any atom is -0.394 e. The monoisotopic (exact) mass is 1480 g/mol. The molecule has 0 aromatic carbocycles. The Labute approximate surface area is 505 Å². The van der Waals surface area contributed by atoms with Gasteiger partial charge in [0.25, 0.3) is 0 Å². The van der Waals surface area contributed by atoms with Gasteiger partial charge in [0.2, 0.25) is 11.8 Å². The fraction of sp³-hybridized carbons (Fsp3) is 0.949. The van der Waals surface area contributed by atoms with E-state index < -0.39 is 136 Å². The molecule has 85 heavy (non-hydrogen) atoms. The molecule has 0 spiro atoms. The second kappa shape index (κ2) is 51.4. The molecule has 0 saturated carbocycles. The number of unbranched alkanes of at least 4 members (excludes halogenated alkanes) is 2. The highest BCUT2D eigenvalue weighted by atomic mass is 127. The maximum absolute atomic E-state index is 12.9. The first kappa shape index (κ1) is 84.9. The molecule has 0 saturated heterocycles. The molecule has 2 amide bonds. The van der Waals surface area contributed by atoms with Crippen LogP contribution in [0.5, 0.6) is 0 Å². The molecule has 0 rings (SSSR count). The van der Waals surface area contributed by atoms with Gasteiger partial charge in [0.15, 0.2) is 0 Å². The highest BCUT2D eigenvalue weighted by molar-refractivity contribution is 14.1. The van der Waals surface area contributed by atoms with Crippen molar-refractivity contribution in [3.8, 4) is 0 Å². The number of rotatable bonds is 63. The quantitative estimate of drug-likeness (QED) is 0.0171. The third-order valence-electron chi connectivity index (χ3n) is 9.54. The molecule has 8 atom stereocenters. The number of phosphoric acid groups is 6.